The molecule has 1 aromatic carbocycles. The minimum Gasteiger partial charge on any atom is -0.381 e. The van der Waals surface area contributed by atoms with Gasteiger partial charge in [-0.25, -0.2) is 4.98 Å². The van der Waals surface area contributed by atoms with Crippen LogP contribution in [0, 0.1) is 0 Å². The minimum absolute atomic E-state index is 0.318. The molecule has 1 saturated carbocycles. The van der Waals surface area contributed by atoms with E-state index in [9.17, 15) is 4.79 Å². The number of hydrogen-bond donors (Lipinski definition) is 2. The molecule has 1 amide bonds. The van der Waals surface area contributed by atoms with Crippen LogP contribution < -0.4 is 10.6 Å². The van der Waals surface area contributed by atoms with Crippen LogP contribution in [0.1, 0.15) is 36.2 Å². The number of carbonyl (C=O) groups is 1. The van der Waals surface area contributed by atoms with E-state index < -0.39 is 0 Å². The van der Waals surface area contributed by atoms with Crippen molar-refractivity contribution in [2.45, 2.75) is 31.7 Å². The summed E-state index contributed by atoms with van der Waals surface area (Å²) < 4.78 is 0. The highest BCUT2D eigenvalue weighted by atomic mass is 35.5. The van der Waals surface area contributed by atoms with Gasteiger partial charge in [0.25, 0.3) is 5.91 Å². The fourth-order valence-electron chi connectivity index (χ4n) is 2.71. The molecule has 1 aliphatic carbocycles. The molecule has 1 aliphatic rings. The number of amides is 1. The molecule has 1 aromatic heterocycles. The third-order valence-electron chi connectivity index (χ3n) is 3.92. The summed E-state index contributed by atoms with van der Waals surface area (Å²) in [6.45, 7) is 0. The van der Waals surface area contributed by atoms with E-state index in [1.165, 1.54) is 25.7 Å². The quantitative estimate of drug-likeness (QED) is 0.816. The molecule has 0 spiro atoms. The Balaban J connectivity index is 1.66. The van der Waals surface area contributed by atoms with Crippen LogP contribution in [0.2, 0.25) is 10.0 Å². The normalized spacial score (nSPS) is 14.7. The van der Waals surface area contributed by atoms with Crippen molar-refractivity contribution in [3.05, 3.63) is 52.3 Å². The second kappa shape index (κ2) is 7.20. The van der Waals surface area contributed by atoms with Crippen molar-refractivity contribution >= 4 is 40.5 Å². The zero-order chi connectivity index (χ0) is 16.2. The highest BCUT2D eigenvalue weighted by molar-refractivity contribution is 6.44. The first-order valence-electron chi connectivity index (χ1n) is 7.61. The summed E-state index contributed by atoms with van der Waals surface area (Å²) in [6, 6.07) is 9.18. The summed E-state index contributed by atoms with van der Waals surface area (Å²) in [7, 11) is 0. The second-order valence-corrected chi connectivity index (χ2v) is 6.40. The molecule has 0 unspecified atom stereocenters. The van der Waals surface area contributed by atoms with Gasteiger partial charge in [-0.1, -0.05) is 42.1 Å². The van der Waals surface area contributed by atoms with Gasteiger partial charge in [0.2, 0.25) is 0 Å². The lowest BCUT2D eigenvalue weighted by molar-refractivity contribution is 0.102. The van der Waals surface area contributed by atoms with Gasteiger partial charge >= 0.3 is 0 Å². The van der Waals surface area contributed by atoms with E-state index in [2.05, 4.69) is 15.6 Å². The number of hydrogen-bond acceptors (Lipinski definition) is 3. The number of anilines is 2. The van der Waals surface area contributed by atoms with E-state index in [-0.39, 0.29) is 5.91 Å². The van der Waals surface area contributed by atoms with Crippen molar-refractivity contribution < 1.29 is 4.79 Å². The first kappa shape index (κ1) is 16.1. The summed E-state index contributed by atoms with van der Waals surface area (Å²) in [6.07, 6.45) is 6.61. The molecular formula is C17H17Cl2N3O. The first-order chi connectivity index (χ1) is 11.1. The van der Waals surface area contributed by atoms with Gasteiger partial charge < -0.3 is 10.6 Å². The Labute approximate surface area is 145 Å². The van der Waals surface area contributed by atoms with Crippen molar-refractivity contribution in [1.29, 1.82) is 0 Å². The average molecular weight is 350 g/mol. The molecule has 0 aliphatic heterocycles. The lowest BCUT2D eigenvalue weighted by atomic mass is 10.2. The summed E-state index contributed by atoms with van der Waals surface area (Å²) in [4.78, 5) is 16.5. The SMILES string of the molecule is O=C(Nc1cccc(Cl)c1Cl)c1ccc(NC2CCCC2)cn1. The van der Waals surface area contributed by atoms with E-state index >= 15 is 0 Å². The smallest absolute Gasteiger partial charge is 0.274 e. The number of pyridine rings is 1. The molecule has 2 N–H and O–H groups in total. The average Bonchev–Trinajstić information content (AvgIpc) is 3.05. The Kier molecular flexibility index (Phi) is 5.03. The number of nitrogens with zero attached hydrogens (tertiary/aromatic N) is 1. The van der Waals surface area contributed by atoms with Crippen LogP contribution in [0.15, 0.2) is 36.5 Å². The van der Waals surface area contributed by atoms with Crippen LogP contribution >= 0.6 is 23.2 Å². The molecular weight excluding hydrogens is 333 g/mol. The van der Waals surface area contributed by atoms with Crippen LogP contribution in [0.4, 0.5) is 11.4 Å². The number of carbonyl (C=O) groups excluding carboxylic acids is 1. The van der Waals surface area contributed by atoms with Gasteiger partial charge in [0, 0.05) is 6.04 Å². The maximum absolute atomic E-state index is 12.2. The predicted octanol–water partition coefficient (Wildman–Crippen LogP) is 5.00. The minimum atomic E-state index is -0.318. The largest absolute Gasteiger partial charge is 0.381 e. The van der Waals surface area contributed by atoms with Crippen molar-refractivity contribution in [3.63, 3.8) is 0 Å². The van der Waals surface area contributed by atoms with Crippen LogP contribution in [-0.4, -0.2) is 16.9 Å². The molecule has 0 radical (unpaired) electrons. The first-order valence-corrected chi connectivity index (χ1v) is 8.37. The number of nitrogens with one attached hydrogen (secondary N) is 2. The lowest BCUT2D eigenvalue weighted by Crippen LogP contribution is -2.16. The highest BCUT2D eigenvalue weighted by Crippen LogP contribution is 2.29. The number of halogens is 2. The van der Waals surface area contributed by atoms with Crippen LogP contribution in [-0.2, 0) is 0 Å². The summed E-state index contributed by atoms with van der Waals surface area (Å²) in [5, 5.41) is 6.88. The second-order valence-electron chi connectivity index (χ2n) is 5.61. The molecule has 1 fully saturated rings. The van der Waals surface area contributed by atoms with Crippen LogP contribution in [0.25, 0.3) is 0 Å². The van der Waals surface area contributed by atoms with Crippen molar-refractivity contribution in [2.75, 3.05) is 10.6 Å². The number of aromatic nitrogens is 1. The Hall–Kier alpha value is -1.78. The van der Waals surface area contributed by atoms with E-state index in [4.69, 9.17) is 23.2 Å². The highest BCUT2D eigenvalue weighted by Gasteiger charge is 2.15. The summed E-state index contributed by atoms with van der Waals surface area (Å²) in [5.41, 5.74) is 1.74. The van der Waals surface area contributed by atoms with E-state index in [0.29, 0.717) is 27.5 Å². The molecule has 3 rings (SSSR count). The topological polar surface area (TPSA) is 54.0 Å². The molecule has 23 heavy (non-hydrogen) atoms. The zero-order valence-corrected chi connectivity index (χ0v) is 14.0. The van der Waals surface area contributed by atoms with Crippen LogP contribution in [0.3, 0.4) is 0 Å². The standard InChI is InChI=1S/C17H17Cl2N3O/c18-13-6-3-7-14(16(13)19)22-17(23)15-9-8-12(10-20-15)21-11-4-1-2-5-11/h3,6-11,21H,1-2,4-5H2,(H,22,23). The fourth-order valence-corrected chi connectivity index (χ4v) is 3.05. The Morgan fingerprint density at radius 2 is 1.91 bits per heavy atom. The van der Waals surface area contributed by atoms with Crippen molar-refractivity contribution in [1.82, 2.24) is 4.98 Å². The maximum atomic E-state index is 12.2. The van der Waals surface area contributed by atoms with E-state index in [0.717, 1.165) is 5.69 Å². The van der Waals surface area contributed by atoms with E-state index in [1.807, 2.05) is 6.07 Å². The Morgan fingerprint density at radius 3 is 2.61 bits per heavy atom. The Morgan fingerprint density at radius 1 is 1.13 bits per heavy atom. The predicted molar refractivity (Wildman–Crippen MR) is 94.5 cm³/mol. The summed E-state index contributed by atoms with van der Waals surface area (Å²) >= 11 is 12.0. The molecule has 1 heterocycles. The fraction of sp³-hybridized carbons (Fsp3) is 0.294. The van der Waals surface area contributed by atoms with Gasteiger partial charge in [0.05, 0.1) is 27.6 Å². The molecule has 0 atom stereocenters. The van der Waals surface area contributed by atoms with Gasteiger partial charge in [0.15, 0.2) is 0 Å². The third kappa shape index (κ3) is 3.95. The monoisotopic (exact) mass is 349 g/mol. The molecule has 120 valence electrons. The van der Waals surface area contributed by atoms with Gasteiger partial charge in [-0.05, 0) is 37.1 Å². The number of rotatable bonds is 4. The van der Waals surface area contributed by atoms with Crippen molar-refractivity contribution in [2.24, 2.45) is 0 Å². The Bertz CT molecular complexity index is 697. The maximum Gasteiger partial charge on any atom is 0.274 e. The van der Waals surface area contributed by atoms with Gasteiger partial charge in [0.1, 0.15) is 5.69 Å². The van der Waals surface area contributed by atoms with Gasteiger partial charge in [-0.15, -0.1) is 0 Å². The number of benzene rings is 1. The van der Waals surface area contributed by atoms with E-state index in [1.54, 1.807) is 30.5 Å². The van der Waals surface area contributed by atoms with Gasteiger partial charge in [-0.3, -0.25) is 4.79 Å². The van der Waals surface area contributed by atoms with Crippen LogP contribution in [0.5, 0.6) is 0 Å². The third-order valence-corrected chi connectivity index (χ3v) is 4.74. The molecule has 0 saturated heterocycles. The van der Waals surface area contributed by atoms with Gasteiger partial charge in [-0.2, -0.15) is 0 Å². The molecule has 4 nitrogen and oxygen atoms in total. The lowest BCUT2D eigenvalue weighted by Gasteiger charge is -2.13. The summed E-state index contributed by atoms with van der Waals surface area (Å²) in [5.74, 6) is -0.318. The van der Waals surface area contributed by atoms with Crippen molar-refractivity contribution in [3.8, 4) is 0 Å². The molecule has 2 aromatic rings. The zero-order valence-electron chi connectivity index (χ0n) is 12.5. The molecule has 0 bridgehead atoms. The molecule has 6 heteroatoms.